The molecule has 0 radical (unpaired) electrons. The van der Waals surface area contributed by atoms with E-state index in [1.54, 1.807) is 13.1 Å². The fraction of sp³-hybridized carbons (Fsp3) is 0.381. The first-order valence-corrected chi connectivity index (χ1v) is 9.27. The van der Waals surface area contributed by atoms with Crippen LogP contribution in [0.15, 0.2) is 47.5 Å². The fourth-order valence-electron chi connectivity index (χ4n) is 3.11. The van der Waals surface area contributed by atoms with Crippen molar-refractivity contribution in [1.82, 2.24) is 10.6 Å². The Morgan fingerprint density at radius 3 is 2.56 bits per heavy atom. The van der Waals surface area contributed by atoms with E-state index in [2.05, 4.69) is 34.7 Å². The van der Waals surface area contributed by atoms with Gasteiger partial charge in [0.1, 0.15) is 5.82 Å². The summed E-state index contributed by atoms with van der Waals surface area (Å²) in [5.74, 6) is 0.495. The minimum Gasteiger partial charge on any atom is -0.378 e. The van der Waals surface area contributed by atoms with Gasteiger partial charge in [-0.3, -0.25) is 4.99 Å². The van der Waals surface area contributed by atoms with E-state index >= 15 is 0 Å². The summed E-state index contributed by atoms with van der Waals surface area (Å²) in [5.41, 5.74) is 3.98. The van der Waals surface area contributed by atoms with Gasteiger partial charge in [-0.15, -0.1) is 0 Å². The van der Waals surface area contributed by atoms with E-state index in [9.17, 15) is 4.39 Å². The minimum atomic E-state index is -0.195. The Kier molecular flexibility index (Phi) is 6.65. The second-order valence-corrected chi connectivity index (χ2v) is 6.59. The number of nitrogens with zero attached hydrogens (tertiary/aromatic N) is 2. The molecule has 27 heavy (non-hydrogen) atoms. The molecule has 3 rings (SSSR count). The molecule has 2 aromatic carbocycles. The number of morpholine rings is 1. The lowest BCUT2D eigenvalue weighted by Gasteiger charge is -2.29. The summed E-state index contributed by atoms with van der Waals surface area (Å²) in [5, 5.41) is 6.54. The predicted octanol–water partition coefficient (Wildman–Crippen LogP) is 2.84. The van der Waals surface area contributed by atoms with Crippen molar-refractivity contribution >= 4 is 11.6 Å². The van der Waals surface area contributed by atoms with Gasteiger partial charge in [0.25, 0.3) is 0 Å². The summed E-state index contributed by atoms with van der Waals surface area (Å²) in [6.45, 7) is 6.03. The first-order chi connectivity index (χ1) is 13.2. The molecule has 0 aromatic heterocycles. The summed E-state index contributed by atoms with van der Waals surface area (Å²) >= 11 is 0. The number of halogens is 1. The van der Waals surface area contributed by atoms with Crippen LogP contribution in [0, 0.1) is 12.7 Å². The lowest BCUT2D eigenvalue weighted by atomic mass is 10.1. The molecule has 1 fully saturated rings. The topological polar surface area (TPSA) is 48.9 Å². The second kappa shape index (κ2) is 9.37. The van der Waals surface area contributed by atoms with E-state index < -0.39 is 0 Å². The maximum atomic E-state index is 14.5. The molecule has 0 aliphatic carbocycles. The van der Waals surface area contributed by atoms with Gasteiger partial charge in [-0.1, -0.05) is 30.3 Å². The van der Waals surface area contributed by atoms with E-state index in [0.29, 0.717) is 38.0 Å². The molecule has 1 aliphatic rings. The average Bonchev–Trinajstić information content (AvgIpc) is 2.70. The van der Waals surface area contributed by atoms with Crippen LogP contribution in [0.3, 0.4) is 0 Å². The van der Waals surface area contributed by atoms with Gasteiger partial charge in [-0.2, -0.15) is 0 Å². The van der Waals surface area contributed by atoms with Crippen molar-refractivity contribution in [3.05, 3.63) is 65.0 Å². The lowest BCUT2D eigenvalue weighted by Crippen LogP contribution is -2.37. The highest BCUT2D eigenvalue weighted by Crippen LogP contribution is 2.21. The van der Waals surface area contributed by atoms with Crippen LogP contribution in [0.5, 0.6) is 0 Å². The first kappa shape index (κ1) is 19.2. The molecule has 0 atom stereocenters. The van der Waals surface area contributed by atoms with E-state index in [-0.39, 0.29) is 5.82 Å². The van der Waals surface area contributed by atoms with Crippen molar-refractivity contribution in [2.24, 2.45) is 4.99 Å². The van der Waals surface area contributed by atoms with E-state index in [4.69, 9.17) is 4.74 Å². The molecule has 1 heterocycles. The Morgan fingerprint density at radius 1 is 1.11 bits per heavy atom. The number of anilines is 1. The SMILES string of the molecule is CN=C(NCc1ccc(N2CCOCC2)c(F)c1)NCc1ccccc1C. The third kappa shape index (κ3) is 5.20. The van der Waals surface area contributed by atoms with E-state index in [0.717, 1.165) is 18.7 Å². The summed E-state index contributed by atoms with van der Waals surface area (Å²) in [7, 11) is 1.73. The van der Waals surface area contributed by atoms with Gasteiger partial charge in [-0.25, -0.2) is 4.39 Å². The van der Waals surface area contributed by atoms with E-state index in [1.807, 2.05) is 29.2 Å². The molecule has 0 unspecified atom stereocenters. The van der Waals surface area contributed by atoms with Gasteiger partial charge in [0.05, 0.1) is 18.9 Å². The highest BCUT2D eigenvalue weighted by Gasteiger charge is 2.15. The minimum absolute atomic E-state index is 0.195. The van der Waals surface area contributed by atoms with Crippen molar-refractivity contribution < 1.29 is 9.13 Å². The summed E-state index contributed by atoms with van der Waals surface area (Å²) in [4.78, 5) is 6.27. The Labute approximate surface area is 160 Å². The molecular weight excluding hydrogens is 343 g/mol. The van der Waals surface area contributed by atoms with Crippen LogP contribution in [0.1, 0.15) is 16.7 Å². The van der Waals surface area contributed by atoms with Crippen LogP contribution < -0.4 is 15.5 Å². The van der Waals surface area contributed by atoms with Crippen molar-refractivity contribution in [3.63, 3.8) is 0 Å². The maximum absolute atomic E-state index is 14.5. The molecule has 1 saturated heterocycles. The monoisotopic (exact) mass is 370 g/mol. The van der Waals surface area contributed by atoms with Crippen LogP contribution >= 0.6 is 0 Å². The smallest absolute Gasteiger partial charge is 0.191 e. The zero-order chi connectivity index (χ0) is 19.1. The van der Waals surface area contributed by atoms with Gasteiger partial charge in [-0.05, 0) is 35.7 Å². The number of guanidine groups is 1. The Morgan fingerprint density at radius 2 is 1.85 bits per heavy atom. The van der Waals surface area contributed by atoms with Gasteiger partial charge in [0.2, 0.25) is 0 Å². The Hall–Kier alpha value is -2.60. The summed E-state index contributed by atoms with van der Waals surface area (Å²) < 4.78 is 19.8. The Bertz CT molecular complexity index is 788. The van der Waals surface area contributed by atoms with Crippen molar-refractivity contribution in [2.75, 3.05) is 38.3 Å². The molecular formula is C21H27FN4O. The first-order valence-electron chi connectivity index (χ1n) is 9.27. The highest BCUT2D eigenvalue weighted by molar-refractivity contribution is 5.79. The number of aryl methyl sites for hydroxylation is 1. The molecule has 5 nitrogen and oxygen atoms in total. The normalized spacial score (nSPS) is 14.9. The average molecular weight is 370 g/mol. The van der Waals surface area contributed by atoms with E-state index in [1.165, 1.54) is 11.1 Å². The summed E-state index contributed by atoms with van der Waals surface area (Å²) in [6.07, 6.45) is 0. The number of rotatable bonds is 5. The van der Waals surface area contributed by atoms with Crippen LogP contribution in [0.4, 0.5) is 10.1 Å². The molecule has 2 N–H and O–H groups in total. The predicted molar refractivity (Wildman–Crippen MR) is 108 cm³/mol. The van der Waals surface area contributed by atoms with Crippen molar-refractivity contribution in [3.8, 4) is 0 Å². The standard InChI is InChI=1S/C21H27FN4O/c1-16-5-3-4-6-18(16)15-25-21(23-2)24-14-17-7-8-20(19(22)13-17)26-9-11-27-12-10-26/h3-8,13H,9-12,14-15H2,1-2H3,(H2,23,24,25). The third-order valence-electron chi connectivity index (χ3n) is 4.75. The quantitative estimate of drug-likeness (QED) is 0.628. The van der Waals surface area contributed by atoms with Gasteiger partial charge < -0.3 is 20.3 Å². The van der Waals surface area contributed by atoms with Crippen molar-refractivity contribution in [2.45, 2.75) is 20.0 Å². The number of ether oxygens (including phenoxy) is 1. The van der Waals surface area contributed by atoms with Crippen molar-refractivity contribution in [1.29, 1.82) is 0 Å². The zero-order valence-corrected chi connectivity index (χ0v) is 16.0. The number of aliphatic imine (C=N–C) groups is 1. The molecule has 6 heteroatoms. The largest absolute Gasteiger partial charge is 0.378 e. The molecule has 144 valence electrons. The van der Waals surface area contributed by atoms with Gasteiger partial charge in [0, 0.05) is 33.2 Å². The highest BCUT2D eigenvalue weighted by atomic mass is 19.1. The number of benzene rings is 2. The Balaban J connectivity index is 1.55. The summed E-state index contributed by atoms with van der Waals surface area (Å²) in [6, 6.07) is 13.6. The molecule has 0 spiro atoms. The molecule has 0 amide bonds. The third-order valence-corrected chi connectivity index (χ3v) is 4.75. The molecule has 1 aliphatic heterocycles. The van der Waals surface area contributed by atoms with Crippen LogP contribution in [0.2, 0.25) is 0 Å². The fourth-order valence-corrected chi connectivity index (χ4v) is 3.11. The van der Waals surface area contributed by atoms with Crippen LogP contribution in [0.25, 0.3) is 0 Å². The maximum Gasteiger partial charge on any atom is 0.191 e. The molecule has 0 bridgehead atoms. The van der Waals surface area contributed by atoms with Crippen LogP contribution in [-0.4, -0.2) is 39.3 Å². The van der Waals surface area contributed by atoms with Gasteiger partial charge in [0.15, 0.2) is 5.96 Å². The zero-order valence-electron chi connectivity index (χ0n) is 16.0. The number of nitrogens with one attached hydrogen (secondary N) is 2. The lowest BCUT2D eigenvalue weighted by molar-refractivity contribution is 0.122. The second-order valence-electron chi connectivity index (χ2n) is 6.59. The van der Waals surface area contributed by atoms with Gasteiger partial charge >= 0.3 is 0 Å². The van der Waals surface area contributed by atoms with Crippen LogP contribution in [-0.2, 0) is 17.8 Å². The number of hydrogen-bond donors (Lipinski definition) is 2. The molecule has 0 saturated carbocycles. The molecule has 2 aromatic rings. The number of hydrogen-bond acceptors (Lipinski definition) is 3.